The lowest BCUT2D eigenvalue weighted by molar-refractivity contribution is 0.302. The zero-order valence-electron chi connectivity index (χ0n) is 10.4. The molecule has 0 aromatic heterocycles. The third-order valence-electron chi connectivity index (χ3n) is 2.15. The first-order valence-electron chi connectivity index (χ1n) is 5.62. The molecule has 14 heavy (non-hydrogen) atoms. The van der Waals surface area contributed by atoms with Crippen molar-refractivity contribution in [1.29, 1.82) is 0 Å². The van der Waals surface area contributed by atoms with Gasteiger partial charge in [0.15, 0.2) is 0 Å². The van der Waals surface area contributed by atoms with Crippen molar-refractivity contribution in [3.63, 3.8) is 0 Å². The van der Waals surface area contributed by atoms with Crippen LogP contribution in [0.2, 0.25) is 0 Å². The Hall–Kier alpha value is -0.480. The van der Waals surface area contributed by atoms with Crippen LogP contribution in [-0.4, -0.2) is 12.6 Å². The molecule has 1 nitrogen and oxygen atoms in total. The summed E-state index contributed by atoms with van der Waals surface area (Å²) >= 11 is 0. The average molecular weight is 195 g/mol. The van der Waals surface area contributed by atoms with Gasteiger partial charge in [-0.2, -0.15) is 0 Å². The molecule has 0 spiro atoms. The molecule has 1 atom stereocenters. The van der Waals surface area contributed by atoms with E-state index in [2.05, 4.69) is 44.9 Å². The van der Waals surface area contributed by atoms with E-state index in [1.165, 1.54) is 12.8 Å². The van der Waals surface area contributed by atoms with E-state index in [0.29, 0.717) is 11.5 Å². The van der Waals surface area contributed by atoms with Gasteiger partial charge in [-0.3, -0.25) is 0 Å². The van der Waals surface area contributed by atoms with Gasteiger partial charge in [-0.05, 0) is 31.7 Å². The van der Waals surface area contributed by atoms with Gasteiger partial charge in [-0.25, -0.2) is 0 Å². The van der Waals surface area contributed by atoms with Crippen molar-refractivity contribution in [3.05, 3.63) is 0 Å². The van der Waals surface area contributed by atoms with Crippen LogP contribution in [-0.2, 0) is 0 Å². The van der Waals surface area contributed by atoms with Gasteiger partial charge in [0.2, 0.25) is 0 Å². The lowest BCUT2D eigenvalue weighted by Crippen LogP contribution is -2.32. The lowest BCUT2D eigenvalue weighted by Gasteiger charge is -2.26. The molecule has 0 heterocycles. The van der Waals surface area contributed by atoms with Crippen LogP contribution in [0.1, 0.15) is 53.9 Å². The monoisotopic (exact) mass is 195 g/mol. The minimum absolute atomic E-state index is 0.409. The van der Waals surface area contributed by atoms with E-state index >= 15 is 0 Å². The fourth-order valence-electron chi connectivity index (χ4n) is 1.68. The van der Waals surface area contributed by atoms with Gasteiger partial charge in [0.1, 0.15) is 0 Å². The lowest BCUT2D eigenvalue weighted by atomic mass is 9.86. The van der Waals surface area contributed by atoms with E-state index in [-0.39, 0.29) is 0 Å². The van der Waals surface area contributed by atoms with Crippen LogP contribution >= 0.6 is 0 Å². The molecule has 0 amide bonds. The largest absolute Gasteiger partial charge is 0.314 e. The van der Waals surface area contributed by atoms with E-state index in [0.717, 1.165) is 13.0 Å². The van der Waals surface area contributed by atoms with Crippen LogP contribution in [0.3, 0.4) is 0 Å². The van der Waals surface area contributed by atoms with Crippen molar-refractivity contribution < 1.29 is 0 Å². The van der Waals surface area contributed by atoms with Gasteiger partial charge in [-0.15, -0.1) is 11.8 Å². The Bertz CT molecular complexity index is 190. The number of rotatable bonds is 5. The molecule has 1 heteroatoms. The normalized spacial score (nSPS) is 13.2. The minimum Gasteiger partial charge on any atom is -0.314 e. The fourth-order valence-corrected chi connectivity index (χ4v) is 1.68. The quantitative estimate of drug-likeness (QED) is 0.664. The molecule has 1 unspecified atom stereocenters. The molecule has 0 fully saturated rings. The maximum absolute atomic E-state index is 3.53. The molecule has 0 aromatic rings. The zero-order valence-corrected chi connectivity index (χ0v) is 10.4. The predicted molar refractivity (Wildman–Crippen MR) is 64.2 cm³/mol. The highest BCUT2D eigenvalue weighted by Crippen LogP contribution is 2.22. The molecular weight excluding hydrogens is 170 g/mol. The second-order valence-corrected chi connectivity index (χ2v) is 4.98. The highest BCUT2D eigenvalue weighted by molar-refractivity contribution is 4.95. The van der Waals surface area contributed by atoms with Crippen molar-refractivity contribution in [3.8, 4) is 11.8 Å². The third-order valence-corrected chi connectivity index (χ3v) is 2.15. The summed E-state index contributed by atoms with van der Waals surface area (Å²) in [5, 5.41) is 3.53. The van der Waals surface area contributed by atoms with Crippen molar-refractivity contribution in [2.75, 3.05) is 6.54 Å². The van der Waals surface area contributed by atoms with Crippen LogP contribution in [0.5, 0.6) is 0 Å². The first-order chi connectivity index (χ1) is 6.49. The fraction of sp³-hybridized carbons (Fsp3) is 0.846. The summed E-state index contributed by atoms with van der Waals surface area (Å²) in [6.07, 6.45) is 3.42. The van der Waals surface area contributed by atoms with Crippen LogP contribution in [0, 0.1) is 17.3 Å². The maximum atomic E-state index is 3.53. The van der Waals surface area contributed by atoms with Crippen LogP contribution < -0.4 is 5.32 Å². The summed E-state index contributed by atoms with van der Waals surface area (Å²) in [6, 6.07) is 0.626. The van der Waals surface area contributed by atoms with E-state index < -0.39 is 0 Å². The Morgan fingerprint density at radius 1 is 1.29 bits per heavy atom. The summed E-state index contributed by atoms with van der Waals surface area (Å²) in [4.78, 5) is 0. The van der Waals surface area contributed by atoms with Gasteiger partial charge in [0, 0.05) is 12.5 Å². The molecule has 0 bridgehead atoms. The van der Waals surface area contributed by atoms with Gasteiger partial charge in [0.25, 0.3) is 0 Å². The SMILES string of the molecule is CC#CCCC(CC(C)(C)C)NCC. The topological polar surface area (TPSA) is 12.0 Å². The Morgan fingerprint density at radius 3 is 2.36 bits per heavy atom. The van der Waals surface area contributed by atoms with Crippen LogP contribution in [0.25, 0.3) is 0 Å². The highest BCUT2D eigenvalue weighted by atomic mass is 14.9. The molecule has 0 aliphatic heterocycles. The van der Waals surface area contributed by atoms with Gasteiger partial charge < -0.3 is 5.32 Å². The van der Waals surface area contributed by atoms with Crippen molar-refractivity contribution >= 4 is 0 Å². The third kappa shape index (κ3) is 8.13. The average Bonchev–Trinajstić information content (AvgIpc) is 2.02. The molecule has 0 rings (SSSR count). The number of nitrogens with one attached hydrogen (secondary N) is 1. The molecule has 0 aromatic carbocycles. The molecule has 0 aliphatic carbocycles. The predicted octanol–water partition coefficient (Wildman–Crippen LogP) is 3.20. The molecular formula is C13H25N. The molecule has 0 radical (unpaired) electrons. The molecule has 0 saturated carbocycles. The first kappa shape index (κ1) is 13.5. The zero-order chi connectivity index (χ0) is 11.0. The summed E-state index contributed by atoms with van der Waals surface area (Å²) in [5.41, 5.74) is 0.409. The van der Waals surface area contributed by atoms with Crippen LogP contribution in [0.4, 0.5) is 0 Å². The molecule has 82 valence electrons. The highest BCUT2D eigenvalue weighted by Gasteiger charge is 2.17. The van der Waals surface area contributed by atoms with E-state index in [9.17, 15) is 0 Å². The van der Waals surface area contributed by atoms with Gasteiger partial charge in [0.05, 0.1) is 0 Å². The van der Waals surface area contributed by atoms with E-state index in [1.807, 2.05) is 6.92 Å². The number of hydrogen-bond donors (Lipinski definition) is 1. The molecule has 0 aliphatic rings. The maximum Gasteiger partial charge on any atom is 0.0103 e. The van der Waals surface area contributed by atoms with E-state index in [4.69, 9.17) is 0 Å². The Balaban J connectivity index is 3.93. The smallest absolute Gasteiger partial charge is 0.0103 e. The second-order valence-electron chi connectivity index (χ2n) is 4.98. The summed E-state index contributed by atoms with van der Waals surface area (Å²) < 4.78 is 0. The minimum atomic E-state index is 0.409. The van der Waals surface area contributed by atoms with Crippen molar-refractivity contribution in [1.82, 2.24) is 5.32 Å². The Kier molecular flexibility index (Phi) is 6.66. The number of hydrogen-bond acceptors (Lipinski definition) is 1. The first-order valence-corrected chi connectivity index (χ1v) is 5.62. The standard InChI is InChI=1S/C13H25N/c1-6-8-9-10-12(14-7-2)11-13(3,4)5/h12,14H,7,9-11H2,1-5H3. The van der Waals surface area contributed by atoms with Crippen LogP contribution in [0.15, 0.2) is 0 Å². The van der Waals surface area contributed by atoms with Gasteiger partial charge >= 0.3 is 0 Å². The molecule has 1 N–H and O–H groups in total. The Morgan fingerprint density at radius 2 is 1.93 bits per heavy atom. The van der Waals surface area contributed by atoms with E-state index in [1.54, 1.807) is 0 Å². The summed E-state index contributed by atoms with van der Waals surface area (Å²) in [7, 11) is 0. The summed E-state index contributed by atoms with van der Waals surface area (Å²) in [5.74, 6) is 6.08. The second kappa shape index (κ2) is 6.90. The summed E-state index contributed by atoms with van der Waals surface area (Å²) in [6.45, 7) is 12.0. The van der Waals surface area contributed by atoms with Gasteiger partial charge in [-0.1, -0.05) is 27.7 Å². The van der Waals surface area contributed by atoms with Crippen molar-refractivity contribution in [2.24, 2.45) is 5.41 Å². The van der Waals surface area contributed by atoms with Crippen molar-refractivity contribution in [2.45, 2.75) is 59.9 Å². The Labute approximate surface area is 89.7 Å². The molecule has 0 saturated heterocycles.